The third-order valence-corrected chi connectivity index (χ3v) is 5.06. The summed E-state index contributed by atoms with van der Waals surface area (Å²) in [5, 5.41) is 13.9. The van der Waals surface area contributed by atoms with Gasteiger partial charge in [-0.2, -0.15) is 5.10 Å². The normalized spacial score (nSPS) is 22.3. The molecule has 2 aliphatic carbocycles. The number of hydrogen-bond donors (Lipinski definition) is 1. The number of rotatable bonds is 6. The smallest absolute Gasteiger partial charge is 0.274 e. The summed E-state index contributed by atoms with van der Waals surface area (Å²) < 4.78 is 6.88. The molecule has 4 rings (SSSR count). The van der Waals surface area contributed by atoms with Crippen LogP contribution in [0.1, 0.15) is 36.2 Å². The molecule has 0 bridgehead atoms. The van der Waals surface area contributed by atoms with Gasteiger partial charge < -0.3 is 14.7 Å². The van der Waals surface area contributed by atoms with Crippen molar-refractivity contribution in [1.82, 2.24) is 14.7 Å². The second kappa shape index (κ2) is 6.52. The molecule has 0 unspecified atom stereocenters. The van der Waals surface area contributed by atoms with Crippen molar-refractivity contribution in [2.24, 2.45) is 5.92 Å². The highest BCUT2D eigenvalue weighted by molar-refractivity contribution is 5.92. The van der Waals surface area contributed by atoms with Gasteiger partial charge >= 0.3 is 0 Å². The van der Waals surface area contributed by atoms with Crippen molar-refractivity contribution in [3.8, 4) is 11.4 Å². The van der Waals surface area contributed by atoms with Gasteiger partial charge in [0.25, 0.3) is 5.91 Å². The molecular weight excluding hydrogens is 318 g/mol. The third-order valence-electron chi connectivity index (χ3n) is 5.06. The predicted octanol–water partition coefficient (Wildman–Crippen LogP) is 2.26. The van der Waals surface area contributed by atoms with E-state index in [1.54, 1.807) is 17.9 Å². The first-order valence-corrected chi connectivity index (χ1v) is 8.83. The quantitative estimate of drug-likeness (QED) is 0.875. The average Bonchev–Trinajstić information content (AvgIpc) is 3.32. The molecule has 1 aromatic carbocycles. The zero-order chi connectivity index (χ0) is 17.4. The van der Waals surface area contributed by atoms with E-state index in [2.05, 4.69) is 5.10 Å². The van der Waals surface area contributed by atoms with Crippen molar-refractivity contribution in [1.29, 1.82) is 0 Å². The molecule has 25 heavy (non-hydrogen) atoms. The number of hydrogen-bond acceptors (Lipinski definition) is 4. The van der Waals surface area contributed by atoms with Crippen molar-refractivity contribution in [2.75, 3.05) is 13.7 Å². The molecule has 2 aliphatic rings. The van der Waals surface area contributed by atoms with Crippen LogP contribution in [-0.2, 0) is 0 Å². The van der Waals surface area contributed by atoms with Gasteiger partial charge in [-0.15, -0.1) is 0 Å². The fourth-order valence-electron chi connectivity index (χ4n) is 3.38. The van der Waals surface area contributed by atoms with E-state index in [4.69, 9.17) is 4.74 Å². The Hall–Kier alpha value is -2.34. The van der Waals surface area contributed by atoms with Gasteiger partial charge in [0.05, 0.1) is 18.9 Å². The van der Waals surface area contributed by atoms with Gasteiger partial charge in [-0.3, -0.25) is 4.79 Å². The highest BCUT2D eigenvalue weighted by Gasteiger charge is 2.38. The maximum absolute atomic E-state index is 12.9. The van der Waals surface area contributed by atoms with Crippen LogP contribution in [0.5, 0.6) is 5.75 Å². The SMILES string of the molecule is COc1ccc(-n2ccc(C(=O)N(CC3CC(O)C3)C3CC3)n2)cc1. The summed E-state index contributed by atoms with van der Waals surface area (Å²) in [6.45, 7) is 0.732. The van der Waals surface area contributed by atoms with Gasteiger partial charge in [0, 0.05) is 18.8 Å². The molecule has 0 radical (unpaired) electrons. The molecule has 0 spiro atoms. The van der Waals surface area contributed by atoms with Crippen LogP contribution >= 0.6 is 0 Å². The maximum atomic E-state index is 12.9. The summed E-state index contributed by atoms with van der Waals surface area (Å²) in [7, 11) is 1.63. The molecule has 0 saturated heterocycles. The molecule has 0 aliphatic heterocycles. The molecule has 2 aromatic rings. The van der Waals surface area contributed by atoms with Gasteiger partial charge in [-0.25, -0.2) is 4.68 Å². The molecule has 132 valence electrons. The Balaban J connectivity index is 1.48. The Morgan fingerprint density at radius 1 is 1.28 bits per heavy atom. The average molecular weight is 341 g/mol. The summed E-state index contributed by atoms with van der Waals surface area (Å²) in [4.78, 5) is 14.9. The molecule has 1 amide bonds. The Bertz CT molecular complexity index is 746. The van der Waals surface area contributed by atoms with Crippen molar-refractivity contribution in [3.05, 3.63) is 42.2 Å². The van der Waals surface area contributed by atoms with E-state index in [0.29, 0.717) is 17.7 Å². The second-order valence-corrected chi connectivity index (χ2v) is 7.02. The maximum Gasteiger partial charge on any atom is 0.274 e. The van der Waals surface area contributed by atoms with Crippen molar-refractivity contribution < 1.29 is 14.6 Å². The topological polar surface area (TPSA) is 67.6 Å². The van der Waals surface area contributed by atoms with E-state index in [-0.39, 0.29) is 12.0 Å². The van der Waals surface area contributed by atoms with Gasteiger partial charge in [-0.05, 0) is 61.9 Å². The van der Waals surface area contributed by atoms with Gasteiger partial charge in [0.15, 0.2) is 5.69 Å². The highest BCUT2D eigenvalue weighted by atomic mass is 16.5. The first kappa shape index (κ1) is 16.1. The highest BCUT2D eigenvalue weighted by Crippen LogP contribution is 2.34. The monoisotopic (exact) mass is 341 g/mol. The van der Waals surface area contributed by atoms with E-state index in [1.807, 2.05) is 35.4 Å². The van der Waals surface area contributed by atoms with Crippen molar-refractivity contribution in [3.63, 3.8) is 0 Å². The number of aliphatic hydroxyl groups excluding tert-OH is 1. The fraction of sp³-hybridized carbons (Fsp3) is 0.474. The first-order chi connectivity index (χ1) is 12.1. The van der Waals surface area contributed by atoms with Crippen LogP contribution in [0.2, 0.25) is 0 Å². The van der Waals surface area contributed by atoms with Crippen LogP contribution < -0.4 is 4.74 Å². The first-order valence-electron chi connectivity index (χ1n) is 8.83. The van der Waals surface area contributed by atoms with Crippen molar-refractivity contribution in [2.45, 2.75) is 37.8 Å². The van der Waals surface area contributed by atoms with E-state index in [0.717, 1.165) is 43.7 Å². The molecular formula is C19H23N3O3. The van der Waals surface area contributed by atoms with E-state index >= 15 is 0 Å². The van der Waals surface area contributed by atoms with Gasteiger partial charge in [0.2, 0.25) is 0 Å². The summed E-state index contributed by atoms with van der Waals surface area (Å²) in [6.07, 6.45) is 5.37. The fourth-order valence-corrected chi connectivity index (χ4v) is 3.38. The Kier molecular flexibility index (Phi) is 4.21. The van der Waals surface area contributed by atoms with E-state index in [1.165, 1.54) is 0 Å². The lowest BCUT2D eigenvalue weighted by Gasteiger charge is -2.35. The summed E-state index contributed by atoms with van der Waals surface area (Å²) in [5.41, 5.74) is 1.36. The number of aromatic nitrogens is 2. The zero-order valence-corrected chi connectivity index (χ0v) is 14.3. The number of carbonyl (C=O) groups excluding carboxylic acids is 1. The van der Waals surface area contributed by atoms with Gasteiger partial charge in [-0.1, -0.05) is 0 Å². The summed E-state index contributed by atoms with van der Waals surface area (Å²) in [5.74, 6) is 1.20. The van der Waals surface area contributed by atoms with Gasteiger partial charge in [0.1, 0.15) is 5.75 Å². The molecule has 1 aromatic heterocycles. The third kappa shape index (κ3) is 3.39. The van der Waals surface area contributed by atoms with Crippen LogP contribution in [0, 0.1) is 5.92 Å². The summed E-state index contributed by atoms with van der Waals surface area (Å²) in [6, 6.07) is 9.69. The largest absolute Gasteiger partial charge is 0.497 e. The van der Waals surface area contributed by atoms with Crippen LogP contribution in [0.25, 0.3) is 5.69 Å². The number of nitrogens with zero attached hydrogens (tertiary/aromatic N) is 3. The number of ether oxygens (including phenoxy) is 1. The number of benzene rings is 1. The van der Waals surface area contributed by atoms with Crippen LogP contribution in [-0.4, -0.2) is 51.5 Å². The minimum Gasteiger partial charge on any atom is -0.497 e. The van der Waals surface area contributed by atoms with Crippen LogP contribution in [0.4, 0.5) is 0 Å². The molecule has 0 atom stereocenters. The summed E-state index contributed by atoms with van der Waals surface area (Å²) >= 11 is 0. The van der Waals surface area contributed by atoms with Crippen molar-refractivity contribution >= 4 is 5.91 Å². The lowest BCUT2D eigenvalue weighted by atomic mass is 9.82. The van der Waals surface area contributed by atoms with E-state index in [9.17, 15) is 9.90 Å². The lowest BCUT2D eigenvalue weighted by molar-refractivity contribution is 0.0213. The minimum absolute atomic E-state index is 0.00356. The Morgan fingerprint density at radius 2 is 2.00 bits per heavy atom. The van der Waals surface area contributed by atoms with E-state index < -0.39 is 0 Å². The second-order valence-electron chi connectivity index (χ2n) is 7.02. The zero-order valence-electron chi connectivity index (χ0n) is 14.3. The molecule has 6 heteroatoms. The number of carbonyl (C=O) groups is 1. The predicted molar refractivity (Wildman–Crippen MR) is 92.9 cm³/mol. The molecule has 1 heterocycles. The molecule has 2 fully saturated rings. The number of amides is 1. The Labute approximate surface area is 147 Å². The van der Waals surface area contributed by atoms with Crippen LogP contribution in [0.3, 0.4) is 0 Å². The molecule has 1 N–H and O–H groups in total. The molecule has 2 saturated carbocycles. The Morgan fingerprint density at radius 3 is 2.60 bits per heavy atom. The van der Waals surface area contributed by atoms with Crippen LogP contribution in [0.15, 0.2) is 36.5 Å². The number of methoxy groups -OCH3 is 1. The number of aliphatic hydroxyl groups is 1. The molecule has 6 nitrogen and oxygen atoms in total. The minimum atomic E-state index is -0.185. The standard InChI is InChI=1S/C19H23N3O3/c1-25-17-6-4-15(5-7-17)22-9-8-18(20-22)19(24)21(14-2-3-14)12-13-10-16(23)11-13/h4-9,13-14,16,23H,2-3,10-12H2,1H3. The lowest BCUT2D eigenvalue weighted by Crippen LogP contribution is -2.42.